The molecule has 0 saturated carbocycles. The lowest BCUT2D eigenvalue weighted by Gasteiger charge is -2.24. The van der Waals surface area contributed by atoms with E-state index in [0.29, 0.717) is 12.2 Å². The van der Waals surface area contributed by atoms with Crippen LogP contribution in [0.15, 0.2) is 0 Å². The molecule has 0 aliphatic carbocycles. The minimum absolute atomic E-state index is 0.156. The third kappa shape index (κ3) is 2.53. The second-order valence-corrected chi connectivity index (χ2v) is 8.03. The maximum absolute atomic E-state index is 12.1. The van der Waals surface area contributed by atoms with Gasteiger partial charge in [0.25, 0.3) is 0 Å². The molecule has 19 heavy (non-hydrogen) atoms. The largest absolute Gasteiger partial charge is 0.327 e. The number of rotatable bonds is 2. The van der Waals surface area contributed by atoms with E-state index in [1.54, 1.807) is 0 Å². The van der Waals surface area contributed by atoms with Gasteiger partial charge in [-0.2, -0.15) is 0 Å². The Hall–Kier alpha value is -0.950. The van der Waals surface area contributed by atoms with Crippen molar-refractivity contribution in [1.29, 1.82) is 0 Å². The van der Waals surface area contributed by atoms with E-state index >= 15 is 0 Å². The number of nitrogens with two attached hydrogens (primary N) is 1. The van der Waals surface area contributed by atoms with Crippen molar-refractivity contribution >= 4 is 9.84 Å². The molecule has 3 heterocycles. The number of hydrogen-bond donors (Lipinski definition) is 1. The topological polar surface area (TPSA) is 90.9 Å². The minimum Gasteiger partial charge on any atom is -0.327 e. The predicted octanol–water partition coefficient (Wildman–Crippen LogP) is 0.0614. The van der Waals surface area contributed by atoms with Crippen molar-refractivity contribution in [1.82, 2.24) is 14.8 Å². The molecule has 2 aliphatic rings. The van der Waals surface area contributed by atoms with E-state index in [-0.39, 0.29) is 11.3 Å². The van der Waals surface area contributed by atoms with E-state index < -0.39 is 9.84 Å². The fraction of sp³-hybridized carbons (Fsp3) is 0.833. The Balaban J connectivity index is 1.81. The van der Waals surface area contributed by atoms with E-state index in [9.17, 15) is 8.42 Å². The van der Waals surface area contributed by atoms with E-state index in [1.165, 1.54) is 0 Å². The average Bonchev–Trinajstić information content (AvgIpc) is 2.74. The molecule has 0 spiro atoms. The van der Waals surface area contributed by atoms with Gasteiger partial charge in [-0.25, -0.2) is 8.42 Å². The van der Waals surface area contributed by atoms with Crippen LogP contribution >= 0.6 is 0 Å². The highest BCUT2D eigenvalue weighted by Crippen LogP contribution is 2.24. The molecule has 2 N–H and O–H groups in total. The highest BCUT2D eigenvalue weighted by atomic mass is 32.2. The summed E-state index contributed by atoms with van der Waals surface area (Å²) in [7, 11) is -2.94. The van der Waals surface area contributed by atoms with Crippen molar-refractivity contribution in [3.8, 4) is 0 Å². The second-order valence-electron chi connectivity index (χ2n) is 5.63. The molecule has 1 aromatic rings. The van der Waals surface area contributed by atoms with Crippen LogP contribution in [-0.2, 0) is 29.2 Å². The Morgan fingerprint density at radius 3 is 2.89 bits per heavy atom. The standard InChI is InChI=1S/C12H20N4O2S/c13-9-4-5-16-11(7-9)14-15-12(16)8-10-3-1-2-6-19(10,17)18/h9-10H,1-8,13H2. The van der Waals surface area contributed by atoms with Crippen LogP contribution in [0, 0.1) is 0 Å². The smallest absolute Gasteiger partial charge is 0.153 e. The molecule has 2 unspecified atom stereocenters. The maximum atomic E-state index is 12.1. The Morgan fingerprint density at radius 2 is 2.11 bits per heavy atom. The monoisotopic (exact) mass is 284 g/mol. The zero-order chi connectivity index (χ0) is 13.5. The lowest BCUT2D eigenvalue weighted by molar-refractivity contribution is 0.449. The SMILES string of the molecule is NC1CCn2c(nnc2CC2CCCCS2(=O)=O)C1. The van der Waals surface area contributed by atoms with E-state index in [2.05, 4.69) is 14.8 Å². The molecule has 0 aromatic carbocycles. The van der Waals surface area contributed by atoms with Gasteiger partial charge < -0.3 is 10.3 Å². The highest BCUT2D eigenvalue weighted by Gasteiger charge is 2.31. The van der Waals surface area contributed by atoms with E-state index in [0.717, 1.165) is 50.3 Å². The summed E-state index contributed by atoms with van der Waals surface area (Å²) in [5.41, 5.74) is 5.91. The molecular formula is C12H20N4O2S. The van der Waals surface area contributed by atoms with Crippen LogP contribution in [-0.4, -0.2) is 40.2 Å². The van der Waals surface area contributed by atoms with Crippen LogP contribution in [0.25, 0.3) is 0 Å². The summed E-state index contributed by atoms with van der Waals surface area (Å²) in [5, 5.41) is 8.07. The summed E-state index contributed by atoms with van der Waals surface area (Å²) in [6.45, 7) is 0.811. The van der Waals surface area contributed by atoms with Crippen LogP contribution < -0.4 is 5.73 Å². The maximum Gasteiger partial charge on any atom is 0.153 e. The van der Waals surface area contributed by atoms with Crippen molar-refractivity contribution in [2.75, 3.05) is 5.75 Å². The molecule has 1 fully saturated rings. The summed E-state index contributed by atoms with van der Waals surface area (Å²) in [5.74, 6) is 2.04. The molecule has 0 radical (unpaired) electrons. The third-order valence-electron chi connectivity index (χ3n) is 4.20. The lowest BCUT2D eigenvalue weighted by atomic mass is 10.1. The Kier molecular flexibility index (Phi) is 3.34. The first-order valence-electron chi connectivity index (χ1n) is 6.94. The third-order valence-corrected chi connectivity index (χ3v) is 6.47. The van der Waals surface area contributed by atoms with Gasteiger partial charge >= 0.3 is 0 Å². The quantitative estimate of drug-likeness (QED) is 0.829. The molecule has 1 aromatic heterocycles. The van der Waals surface area contributed by atoms with Crippen molar-refractivity contribution < 1.29 is 8.42 Å². The molecule has 6 nitrogen and oxygen atoms in total. The lowest BCUT2D eigenvalue weighted by Crippen LogP contribution is -2.34. The van der Waals surface area contributed by atoms with Crippen LogP contribution in [0.5, 0.6) is 0 Å². The molecule has 1 saturated heterocycles. The van der Waals surface area contributed by atoms with Crippen LogP contribution in [0.4, 0.5) is 0 Å². The summed E-state index contributed by atoms with van der Waals surface area (Å²) in [4.78, 5) is 0. The first-order chi connectivity index (χ1) is 9.06. The van der Waals surface area contributed by atoms with Gasteiger partial charge in [-0.3, -0.25) is 0 Å². The fourth-order valence-corrected chi connectivity index (χ4v) is 4.89. The van der Waals surface area contributed by atoms with E-state index in [1.807, 2.05) is 0 Å². The number of aromatic nitrogens is 3. The van der Waals surface area contributed by atoms with Crippen molar-refractivity contribution in [3.05, 3.63) is 11.6 Å². The summed E-state index contributed by atoms with van der Waals surface area (Å²) in [6, 6.07) is 0.156. The van der Waals surface area contributed by atoms with Crippen LogP contribution in [0.1, 0.15) is 37.3 Å². The van der Waals surface area contributed by atoms with Gasteiger partial charge in [0, 0.05) is 25.4 Å². The zero-order valence-corrected chi connectivity index (χ0v) is 11.8. The molecule has 0 bridgehead atoms. The van der Waals surface area contributed by atoms with Crippen LogP contribution in [0.2, 0.25) is 0 Å². The highest BCUT2D eigenvalue weighted by molar-refractivity contribution is 7.92. The van der Waals surface area contributed by atoms with Gasteiger partial charge in [-0.15, -0.1) is 10.2 Å². The van der Waals surface area contributed by atoms with E-state index in [4.69, 9.17) is 5.73 Å². The van der Waals surface area contributed by atoms with Gasteiger partial charge in [-0.05, 0) is 19.3 Å². The molecule has 7 heteroatoms. The molecular weight excluding hydrogens is 264 g/mol. The summed E-state index contributed by atoms with van der Waals surface area (Å²) < 4.78 is 26.2. The van der Waals surface area contributed by atoms with Gasteiger partial charge in [0.2, 0.25) is 0 Å². The minimum atomic E-state index is -2.94. The summed E-state index contributed by atoms with van der Waals surface area (Å²) in [6.07, 6.45) is 4.70. The Morgan fingerprint density at radius 1 is 1.26 bits per heavy atom. The van der Waals surface area contributed by atoms with Crippen LogP contribution in [0.3, 0.4) is 0 Å². The van der Waals surface area contributed by atoms with Crippen molar-refractivity contribution in [3.63, 3.8) is 0 Å². The van der Waals surface area contributed by atoms with Gasteiger partial charge in [0.05, 0.1) is 11.0 Å². The van der Waals surface area contributed by atoms with Gasteiger partial charge in [-0.1, -0.05) is 6.42 Å². The fourth-order valence-electron chi connectivity index (χ4n) is 3.02. The van der Waals surface area contributed by atoms with Crippen molar-refractivity contribution in [2.45, 2.75) is 56.4 Å². The first-order valence-corrected chi connectivity index (χ1v) is 8.66. The molecule has 106 valence electrons. The van der Waals surface area contributed by atoms with Gasteiger partial charge in [0.15, 0.2) is 9.84 Å². The molecule has 3 rings (SSSR count). The normalized spacial score (nSPS) is 29.9. The molecule has 0 amide bonds. The van der Waals surface area contributed by atoms with Crippen molar-refractivity contribution in [2.24, 2.45) is 5.73 Å². The Labute approximate surface area is 113 Å². The molecule has 2 aliphatic heterocycles. The van der Waals surface area contributed by atoms with Gasteiger partial charge in [0.1, 0.15) is 11.6 Å². The number of nitrogens with zero attached hydrogens (tertiary/aromatic N) is 3. The number of sulfone groups is 1. The predicted molar refractivity (Wildman–Crippen MR) is 71.4 cm³/mol. The Bertz CT molecular complexity index is 566. The average molecular weight is 284 g/mol. The first kappa shape index (κ1) is 13.1. The second kappa shape index (κ2) is 4.86. The molecule has 2 atom stereocenters. The zero-order valence-electron chi connectivity index (χ0n) is 11.0. The number of hydrogen-bond acceptors (Lipinski definition) is 5. The summed E-state index contributed by atoms with van der Waals surface area (Å²) >= 11 is 0. The number of fused-ring (bicyclic) bond motifs is 1.